The van der Waals surface area contributed by atoms with Crippen molar-refractivity contribution >= 4 is 5.78 Å². The quantitative estimate of drug-likeness (QED) is 0.637. The Morgan fingerprint density at radius 2 is 2.08 bits per heavy atom. The zero-order valence-corrected chi connectivity index (χ0v) is 7.94. The van der Waals surface area contributed by atoms with Gasteiger partial charge in [-0.1, -0.05) is 12.8 Å². The Labute approximate surface area is 74.7 Å². The van der Waals surface area contributed by atoms with E-state index in [0.29, 0.717) is 5.78 Å². The van der Waals surface area contributed by atoms with Crippen molar-refractivity contribution in [1.82, 2.24) is 5.32 Å². The molecule has 12 heavy (non-hydrogen) atoms. The summed E-state index contributed by atoms with van der Waals surface area (Å²) in [5.74, 6) is 0.309. The number of hydrogen-bond acceptors (Lipinski definition) is 2. The normalized spacial score (nSPS) is 18.4. The molecule has 0 bridgehead atoms. The van der Waals surface area contributed by atoms with E-state index in [2.05, 4.69) is 5.32 Å². The first-order chi connectivity index (χ1) is 5.79. The summed E-state index contributed by atoms with van der Waals surface area (Å²) in [6, 6.07) is 0.747. The predicted octanol–water partition coefficient (Wildman–Crippen LogP) is 1.89. The van der Waals surface area contributed by atoms with Crippen LogP contribution in [0.3, 0.4) is 0 Å². The summed E-state index contributed by atoms with van der Waals surface area (Å²) < 4.78 is 0. The van der Waals surface area contributed by atoms with Crippen LogP contribution in [0.5, 0.6) is 0 Å². The summed E-state index contributed by atoms with van der Waals surface area (Å²) in [5, 5.41) is 3.48. The van der Waals surface area contributed by atoms with Gasteiger partial charge >= 0.3 is 0 Å². The third-order valence-electron chi connectivity index (χ3n) is 2.49. The van der Waals surface area contributed by atoms with Crippen molar-refractivity contribution < 1.29 is 4.79 Å². The second kappa shape index (κ2) is 5.31. The molecule has 0 atom stereocenters. The molecule has 0 radical (unpaired) electrons. The molecule has 0 saturated heterocycles. The van der Waals surface area contributed by atoms with Crippen molar-refractivity contribution in [3.8, 4) is 0 Å². The Bertz CT molecular complexity index is 139. The second-order valence-corrected chi connectivity index (χ2v) is 3.74. The van der Waals surface area contributed by atoms with Crippen LogP contribution in [0.1, 0.15) is 45.4 Å². The van der Waals surface area contributed by atoms with Crippen LogP contribution < -0.4 is 5.32 Å². The van der Waals surface area contributed by atoms with Gasteiger partial charge in [0.15, 0.2) is 0 Å². The average Bonchev–Trinajstić information content (AvgIpc) is 2.49. The minimum atomic E-state index is 0.309. The molecule has 1 rings (SSSR count). The molecule has 0 spiro atoms. The molecule has 0 amide bonds. The summed E-state index contributed by atoms with van der Waals surface area (Å²) in [6.07, 6.45) is 7.17. The van der Waals surface area contributed by atoms with Gasteiger partial charge in [0, 0.05) is 12.5 Å². The monoisotopic (exact) mass is 169 g/mol. The van der Waals surface area contributed by atoms with E-state index in [4.69, 9.17) is 0 Å². The minimum Gasteiger partial charge on any atom is -0.314 e. The van der Waals surface area contributed by atoms with Crippen LogP contribution >= 0.6 is 0 Å². The van der Waals surface area contributed by atoms with Gasteiger partial charge in [-0.05, 0) is 32.7 Å². The molecule has 0 aromatic carbocycles. The number of nitrogens with one attached hydrogen (secondary N) is 1. The van der Waals surface area contributed by atoms with Gasteiger partial charge in [0.2, 0.25) is 0 Å². The van der Waals surface area contributed by atoms with E-state index in [1.807, 2.05) is 0 Å². The molecule has 1 aliphatic rings. The van der Waals surface area contributed by atoms with Crippen LogP contribution in [0, 0.1) is 0 Å². The van der Waals surface area contributed by atoms with Gasteiger partial charge in [-0.2, -0.15) is 0 Å². The van der Waals surface area contributed by atoms with Crippen LogP contribution in [-0.4, -0.2) is 18.4 Å². The van der Waals surface area contributed by atoms with E-state index in [1.165, 1.54) is 25.7 Å². The molecule has 1 aliphatic carbocycles. The van der Waals surface area contributed by atoms with Gasteiger partial charge < -0.3 is 10.1 Å². The highest BCUT2D eigenvalue weighted by atomic mass is 16.1. The summed E-state index contributed by atoms with van der Waals surface area (Å²) in [4.78, 5) is 10.6. The number of hydrogen-bond donors (Lipinski definition) is 1. The summed E-state index contributed by atoms with van der Waals surface area (Å²) in [5.41, 5.74) is 0. The van der Waals surface area contributed by atoms with Crippen molar-refractivity contribution in [1.29, 1.82) is 0 Å². The second-order valence-electron chi connectivity index (χ2n) is 3.74. The first-order valence-corrected chi connectivity index (χ1v) is 5.02. The van der Waals surface area contributed by atoms with Gasteiger partial charge in [0.1, 0.15) is 5.78 Å². The summed E-state index contributed by atoms with van der Waals surface area (Å²) in [7, 11) is 0. The van der Waals surface area contributed by atoms with Crippen molar-refractivity contribution in [2.75, 3.05) is 6.54 Å². The Balaban J connectivity index is 1.91. The van der Waals surface area contributed by atoms with E-state index >= 15 is 0 Å². The smallest absolute Gasteiger partial charge is 0.129 e. The average molecular weight is 169 g/mol. The first-order valence-electron chi connectivity index (χ1n) is 5.02. The Morgan fingerprint density at radius 1 is 1.42 bits per heavy atom. The van der Waals surface area contributed by atoms with Gasteiger partial charge in [-0.15, -0.1) is 0 Å². The number of ketones is 1. The summed E-state index contributed by atoms with van der Waals surface area (Å²) >= 11 is 0. The molecule has 2 heteroatoms. The van der Waals surface area contributed by atoms with E-state index in [-0.39, 0.29) is 0 Å². The van der Waals surface area contributed by atoms with E-state index in [0.717, 1.165) is 25.4 Å². The van der Waals surface area contributed by atoms with Gasteiger partial charge in [0.25, 0.3) is 0 Å². The predicted molar refractivity (Wildman–Crippen MR) is 50.2 cm³/mol. The standard InChI is InChI=1S/C10H19NO/c1-9(12)5-4-8-11-10-6-2-3-7-10/h10-11H,2-8H2,1H3. The lowest BCUT2D eigenvalue weighted by molar-refractivity contribution is -0.117. The van der Waals surface area contributed by atoms with Crippen LogP contribution in [0.4, 0.5) is 0 Å². The van der Waals surface area contributed by atoms with Crippen molar-refractivity contribution in [2.24, 2.45) is 0 Å². The molecule has 2 nitrogen and oxygen atoms in total. The van der Waals surface area contributed by atoms with Crippen molar-refractivity contribution in [3.05, 3.63) is 0 Å². The van der Waals surface area contributed by atoms with Crippen LogP contribution in [-0.2, 0) is 4.79 Å². The van der Waals surface area contributed by atoms with Crippen molar-refractivity contribution in [2.45, 2.75) is 51.5 Å². The molecular weight excluding hydrogens is 150 g/mol. The fourth-order valence-corrected chi connectivity index (χ4v) is 1.77. The topological polar surface area (TPSA) is 29.1 Å². The lowest BCUT2D eigenvalue weighted by Crippen LogP contribution is -2.27. The molecule has 70 valence electrons. The molecule has 1 saturated carbocycles. The van der Waals surface area contributed by atoms with E-state index < -0.39 is 0 Å². The lowest BCUT2D eigenvalue weighted by Gasteiger charge is -2.10. The number of Topliss-reactive ketones (excluding diaryl/α,β-unsaturated/α-hetero) is 1. The molecule has 0 aliphatic heterocycles. The highest BCUT2D eigenvalue weighted by molar-refractivity contribution is 5.75. The molecular formula is C10H19NO. The maximum Gasteiger partial charge on any atom is 0.129 e. The molecule has 0 heterocycles. The highest BCUT2D eigenvalue weighted by Gasteiger charge is 2.13. The molecule has 0 unspecified atom stereocenters. The zero-order chi connectivity index (χ0) is 8.81. The molecule has 0 aromatic heterocycles. The van der Waals surface area contributed by atoms with E-state index in [1.54, 1.807) is 6.92 Å². The fraction of sp³-hybridized carbons (Fsp3) is 0.900. The van der Waals surface area contributed by atoms with Crippen LogP contribution in [0.15, 0.2) is 0 Å². The van der Waals surface area contributed by atoms with Crippen LogP contribution in [0.2, 0.25) is 0 Å². The maximum absolute atomic E-state index is 10.6. The third-order valence-corrected chi connectivity index (χ3v) is 2.49. The maximum atomic E-state index is 10.6. The Kier molecular flexibility index (Phi) is 4.30. The molecule has 0 aromatic rings. The Morgan fingerprint density at radius 3 is 2.67 bits per heavy atom. The minimum absolute atomic E-state index is 0.309. The van der Waals surface area contributed by atoms with Gasteiger partial charge in [0.05, 0.1) is 0 Å². The highest BCUT2D eigenvalue weighted by Crippen LogP contribution is 2.17. The van der Waals surface area contributed by atoms with E-state index in [9.17, 15) is 4.79 Å². The fourth-order valence-electron chi connectivity index (χ4n) is 1.77. The molecule has 1 N–H and O–H groups in total. The Hall–Kier alpha value is -0.370. The molecule has 1 fully saturated rings. The van der Waals surface area contributed by atoms with Crippen LogP contribution in [0.25, 0.3) is 0 Å². The SMILES string of the molecule is CC(=O)CCCNC1CCCC1. The van der Waals surface area contributed by atoms with Gasteiger partial charge in [-0.3, -0.25) is 0 Å². The first kappa shape index (κ1) is 9.72. The number of carbonyl (C=O) groups excluding carboxylic acids is 1. The number of rotatable bonds is 5. The lowest BCUT2D eigenvalue weighted by atomic mass is 10.2. The summed E-state index contributed by atoms with van der Waals surface area (Å²) in [6.45, 7) is 2.68. The zero-order valence-electron chi connectivity index (χ0n) is 7.94. The largest absolute Gasteiger partial charge is 0.314 e. The van der Waals surface area contributed by atoms with Gasteiger partial charge in [-0.25, -0.2) is 0 Å². The third kappa shape index (κ3) is 3.86. The van der Waals surface area contributed by atoms with Crippen molar-refractivity contribution in [3.63, 3.8) is 0 Å². The number of carbonyl (C=O) groups is 1.